The molecule has 10 nitrogen and oxygen atoms in total. The summed E-state index contributed by atoms with van der Waals surface area (Å²) in [5, 5.41) is 15.4. The summed E-state index contributed by atoms with van der Waals surface area (Å²) in [5.41, 5.74) is 0.637. The van der Waals surface area contributed by atoms with Crippen LogP contribution in [0.2, 0.25) is 0 Å². The fourth-order valence-electron chi connectivity index (χ4n) is 3.62. The van der Waals surface area contributed by atoms with E-state index in [-0.39, 0.29) is 54.5 Å². The molecule has 1 aromatic heterocycles. The topological polar surface area (TPSA) is 148 Å². The van der Waals surface area contributed by atoms with Gasteiger partial charge in [-0.15, -0.1) is 0 Å². The van der Waals surface area contributed by atoms with Crippen molar-refractivity contribution in [2.45, 2.75) is 65.7 Å². The maximum atomic E-state index is 12.7. The maximum absolute atomic E-state index is 12.7. The van der Waals surface area contributed by atoms with Gasteiger partial charge in [-0.2, -0.15) is 0 Å². The molecule has 2 bridgehead atoms. The minimum atomic E-state index is -1.01. The maximum Gasteiger partial charge on any atom is 0.328 e. The molecule has 1 aliphatic rings. The molecule has 0 saturated heterocycles. The second kappa shape index (κ2) is 13.5. The Bertz CT molecular complexity index is 1040. The number of allylic oxidation sites excluding steroid dienone is 2. The van der Waals surface area contributed by atoms with Gasteiger partial charge in [0.1, 0.15) is 24.2 Å². The first-order valence-electron chi connectivity index (χ1n) is 11.9. The Balaban J connectivity index is 2.25. The van der Waals surface area contributed by atoms with Gasteiger partial charge in [0.05, 0.1) is 12.5 Å². The first-order chi connectivity index (χ1) is 17.0. The van der Waals surface area contributed by atoms with Gasteiger partial charge in [0.15, 0.2) is 5.69 Å². The largest absolute Gasteiger partial charge is 0.460 e. The van der Waals surface area contributed by atoms with E-state index < -0.39 is 30.1 Å². The molecule has 196 valence electrons. The van der Waals surface area contributed by atoms with E-state index in [9.17, 15) is 24.3 Å². The zero-order chi connectivity index (χ0) is 26.8. The number of esters is 1. The molecule has 4 atom stereocenters. The van der Waals surface area contributed by atoms with Crippen LogP contribution in [0.4, 0.5) is 0 Å². The first-order valence-corrected chi connectivity index (χ1v) is 11.9. The van der Waals surface area contributed by atoms with Gasteiger partial charge < -0.3 is 24.9 Å². The predicted octanol–water partition coefficient (Wildman–Crippen LogP) is 2.05. The summed E-state index contributed by atoms with van der Waals surface area (Å²) in [6.45, 7) is 9.15. The Morgan fingerprint density at radius 3 is 2.56 bits per heavy atom. The molecule has 0 aliphatic carbocycles. The lowest BCUT2D eigenvalue weighted by Gasteiger charge is -2.27. The van der Waals surface area contributed by atoms with E-state index in [0.717, 1.165) is 11.8 Å². The summed E-state index contributed by atoms with van der Waals surface area (Å²) in [4.78, 5) is 53.7. The van der Waals surface area contributed by atoms with E-state index in [1.807, 2.05) is 20.8 Å². The second-order valence-corrected chi connectivity index (χ2v) is 9.23. The minimum absolute atomic E-state index is 0.0304. The van der Waals surface area contributed by atoms with Crippen LogP contribution in [0.15, 0.2) is 46.6 Å². The highest BCUT2D eigenvalue weighted by molar-refractivity contribution is 5.95. The molecular weight excluding hydrogens is 466 g/mol. The van der Waals surface area contributed by atoms with Crippen LogP contribution < -0.4 is 10.6 Å². The highest BCUT2D eigenvalue weighted by atomic mass is 16.5. The molecule has 2 rings (SSSR count). The lowest BCUT2D eigenvalue weighted by Crippen LogP contribution is -2.42. The fourth-order valence-corrected chi connectivity index (χ4v) is 3.62. The number of hydrogen-bond acceptors (Lipinski definition) is 8. The van der Waals surface area contributed by atoms with Crippen LogP contribution in [0.1, 0.15) is 57.4 Å². The van der Waals surface area contributed by atoms with Crippen molar-refractivity contribution in [2.24, 2.45) is 11.8 Å². The molecule has 3 N–H and O–H groups in total. The molecule has 0 unspecified atom stereocenters. The van der Waals surface area contributed by atoms with Crippen LogP contribution in [0.5, 0.6) is 0 Å². The number of fused-ring (bicyclic) bond motifs is 2. The summed E-state index contributed by atoms with van der Waals surface area (Å²) in [5.74, 6) is -2.20. The molecule has 0 radical (unpaired) electrons. The lowest BCUT2D eigenvalue weighted by atomic mass is 9.94. The van der Waals surface area contributed by atoms with Gasteiger partial charge >= 0.3 is 5.97 Å². The molecule has 2 heterocycles. The van der Waals surface area contributed by atoms with Crippen molar-refractivity contribution in [3.63, 3.8) is 0 Å². The van der Waals surface area contributed by atoms with Crippen molar-refractivity contribution in [1.82, 2.24) is 15.6 Å². The number of nitrogens with one attached hydrogen (secondary N) is 2. The van der Waals surface area contributed by atoms with Crippen LogP contribution in [-0.2, 0) is 25.5 Å². The Labute approximate surface area is 210 Å². The minimum Gasteiger partial charge on any atom is -0.460 e. The molecule has 0 saturated carbocycles. The number of amides is 2. The number of aliphatic hydroxyl groups is 1. The molecule has 10 heteroatoms. The Morgan fingerprint density at radius 2 is 1.86 bits per heavy atom. The van der Waals surface area contributed by atoms with Crippen molar-refractivity contribution < 1.29 is 33.4 Å². The van der Waals surface area contributed by atoms with Crippen LogP contribution in [-0.4, -0.2) is 58.5 Å². The van der Waals surface area contributed by atoms with E-state index in [4.69, 9.17) is 9.15 Å². The van der Waals surface area contributed by atoms with Crippen molar-refractivity contribution in [3.05, 3.63) is 53.8 Å². The molecular formula is C26H35N3O7. The average Bonchev–Trinajstić information content (AvgIpc) is 3.25. The number of hydrogen-bond donors (Lipinski definition) is 3. The van der Waals surface area contributed by atoms with Crippen LogP contribution >= 0.6 is 0 Å². The lowest BCUT2D eigenvalue weighted by molar-refractivity contribution is -0.155. The number of rotatable bonds is 1. The smallest absolute Gasteiger partial charge is 0.328 e. The van der Waals surface area contributed by atoms with Gasteiger partial charge in [0.2, 0.25) is 11.8 Å². The van der Waals surface area contributed by atoms with Crippen LogP contribution in [0, 0.1) is 11.8 Å². The number of nitrogens with zero attached hydrogens (tertiary/aromatic N) is 1. The number of aromatic nitrogens is 1. The number of carbonyl (C=O) groups is 4. The highest BCUT2D eigenvalue weighted by Gasteiger charge is 2.28. The van der Waals surface area contributed by atoms with E-state index >= 15 is 0 Å². The monoisotopic (exact) mass is 501 g/mol. The van der Waals surface area contributed by atoms with Gasteiger partial charge in [-0.25, -0.2) is 9.78 Å². The molecule has 2 amide bonds. The van der Waals surface area contributed by atoms with Crippen molar-refractivity contribution in [3.8, 4) is 0 Å². The third-order valence-corrected chi connectivity index (χ3v) is 5.48. The number of ketones is 1. The summed E-state index contributed by atoms with van der Waals surface area (Å²) in [6, 6.07) is -0.974. The summed E-state index contributed by atoms with van der Waals surface area (Å²) < 4.78 is 10.9. The normalized spacial score (nSPS) is 28.9. The summed E-state index contributed by atoms with van der Waals surface area (Å²) >= 11 is 0. The zero-order valence-electron chi connectivity index (χ0n) is 21.3. The number of oxazole rings is 1. The van der Waals surface area contributed by atoms with Crippen LogP contribution in [0.25, 0.3) is 0 Å². The Morgan fingerprint density at radius 1 is 1.14 bits per heavy atom. The molecule has 36 heavy (non-hydrogen) atoms. The first kappa shape index (κ1) is 28.7. The van der Waals surface area contributed by atoms with E-state index in [0.29, 0.717) is 0 Å². The van der Waals surface area contributed by atoms with Crippen molar-refractivity contribution in [1.29, 1.82) is 0 Å². The fraction of sp³-hybridized carbons (Fsp3) is 0.500. The predicted molar refractivity (Wildman–Crippen MR) is 132 cm³/mol. The van der Waals surface area contributed by atoms with Gasteiger partial charge in [0, 0.05) is 18.9 Å². The Kier molecular flexibility index (Phi) is 10.8. The van der Waals surface area contributed by atoms with E-state index in [1.165, 1.54) is 19.1 Å². The average molecular weight is 502 g/mol. The molecule has 0 fully saturated rings. The number of carbonyl (C=O) groups excluding carboxylic acids is 4. The van der Waals surface area contributed by atoms with Crippen LogP contribution in [0.3, 0.4) is 0 Å². The van der Waals surface area contributed by atoms with Gasteiger partial charge in [-0.1, -0.05) is 50.6 Å². The second-order valence-electron chi connectivity index (χ2n) is 9.23. The van der Waals surface area contributed by atoms with E-state index in [1.54, 1.807) is 25.2 Å². The molecule has 1 aromatic rings. The number of cyclic esters (lactones) is 1. The Hall–Kier alpha value is -3.53. The SMILES string of the molecule is CC1=C\[C@@H](O)CC(=O)Cc2nc(co2)C(=O)N[C@H](C)C(=O)O[C@H](C(C)C)[C@H](C)/C=C/C(=O)NC\C=C\1. The van der Waals surface area contributed by atoms with Gasteiger partial charge in [-0.05, 0) is 25.8 Å². The standard InChI is InChI=1S/C26H35N3O7/c1-15(2)24-17(4)8-9-22(32)27-10-6-7-16(3)11-19(30)12-20(31)13-23-29-21(14-35-23)25(33)28-18(5)26(34)36-24/h6-9,11,14-15,17-19,24,30H,10,12-13H2,1-5H3,(H,27,32)(H,28,33)/b7-6+,9-8+,16-11+/t17-,18-,19-,24-/m1/s1. The summed E-state index contributed by atoms with van der Waals surface area (Å²) in [7, 11) is 0. The quantitative estimate of drug-likeness (QED) is 0.495. The number of Topliss-reactive ketones (excluding diaryl/α,β-unsaturated/α-hetero) is 1. The highest BCUT2D eigenvalue weighted by Crippen LogP contribution is 2.19. The molecule has 0 spiro atoms. The summed E-state index contributed by atoms with van der Waals surface area (Å²) in [6.07, 6.45) is 7.27. The third-order valence-electron chi connectivity index (χ3n) is 5.48. The number of aliphatic hydroxyl groups excluding tert-OH is 1. The van der Waals surface area contributed by atoms with Crippen molar-refractivity contribution >= 4 is 23.6 Å². The molecule has 1 aliphatic heterocycles. The zero-order valence-corrected chi connectivity index (χ0v) is 21.3. The number of ether oxygens (including phenoxy) is 1. The third kappa shape index (κ3) is 9.26. The van der Waals surface area contributed by atoms with Crippen molar-refractivity contribution in [2.75, 3.05) is 6.54 Å². The van der Waals surface area contributed by atoms with Gasteiger partial charge in [-0.3, -0.25) is 14.4 Å². The van der Waals surface area contributed by atoms with Gasteiger partial charge in [0.25, 0.3) is 5.91 Å². The molecule has 0 aromatic carbocycles. The van der Waals surface area contributed by atoms with E-state index in [2.05, 4.69) is 15.6 Å².